The van der Waals surface area contributed by atoms with Crippen molar-refractivity contribution in [3.63, 3.8) is 0 Å². The highest BCUT2D eigenvalue weighted by Gasteiger charge is 2.26. The standard InChI is InChI=1S/C22H30N4O3S/c1-3-25(13-18-14-28-19-11-7-8-12-20(19)29-18)21(27)15-30-22-24-23-16(2)26(22)17-9-5-4-6-10-17/h7-8,11-12,17-18H,3-6,9-10,13-15H2,1-2H3. The van der Waals surface area contributed by atoms with E-state index in [4.69, 9.17) is 9.47 Å². The number of benzene rings is 1. The number of aryl methyl sites for hydroxylation is 1. The van der Waals surface area contributed by atoms with Gasteiger partial charge in [-0.1, -0.05) is 43.2 Å². The first kappa shape index (κ1) is 21.0. The molecule has 0 saturated heterocycles. The monoisotopic (exact) mass is 430 g/mol. The summed E-state index contributed by atoms with van der Waals surface area (Å²) in [6, 6.07) is 8.11. The minimum atomic E-state index is -0.165. The molecule has 4 rings (SSSR count). The van der Waals surface area contributed by atoms with Gasteiger partial charge in [-0.15, -0.1) is 10.2 Å². The van der Waals surface area contributed by atoms with Gasteiger partial charge < -0.3 is 18.9 Å². The summed E-state index contributed by atoms with van der Waals surface area (Å²) < 4.78 is 14.1. The highest BCUT2D eigenvalue weighted by Crippen LogP contribution is 2.33. The zero-order chi connectivity index (χ0) is 20.9. The maximum absolute atomic E-state index is 12.9. The van der Waals surface area contributed by atoms with Gasteiger partial charge >= 0.3 is 0 Å². The average molecular weight is 431 g/mol. The smallest absolute Gasteiger partial charge is 0.233 e. The number of carbonyl (C=O) groups excluding carboxylic acids is 1. The Kier molecular flexibility index (Phi) is 6.82. The number of rotatable bonds is 7. The Morgan fingerprint density at radius 2 is 1.97 bits per heavy atom. The first-order chi connectivity index (χ1) is 14.7. The number of ether oxygens (including phenoxy) is 2. The Morgan fingerprint density at radius 3 is 2.73 bits per heavy atom. The molecule has 2 heterocycles. The van der Waals surface area contributed by atoms with Crippen LogP contribution in [-0.2, 0) is 4.79 Å². The summed E-state index contributed by atoms with van der Waals surface area (Å²) in [5, 5.41) is 9.49. The Hall–Kier alpha value is -2.22. The number of aromatic nitrogens is 3. The number of fused-ring (bicyclic) bond motifs is 1. The molecule has 162 valence electrons. The topological polar surface area (TPSA) is 69.5 Å². The molecule has 1 amide bonds. The molecule has 0 radical (unpaired) electrons. The van der Waals surface area contributed by atoms with Crippen molar-refractivity contribution in [2.24, 2.45) is 0 Å². The summed E-state index contributed by atoms with van der Waals surface area (Å²) in [5.41, 5.74) is 0. The Balaban J connectivity index is 1.34. The molecular formula is C22H30N4O3S. The normalized spacial score (nSPS) is 18.9. The zero-order valence-corrected chi connectivity index (χ0v) is 18.6. The maximum Gasteiger partial charge on any atom is 0.233 e. The number of amides is 1. The van der Waals surface area contributed by atoms with Crippen LogP contribution in [0.5, 0.6) is 11.5 Å². The van der Waals surface area contributed by atoms with E-state index in [0.717, 1.165) is 22.5 Å². The van der Waals surface area contributed by atoms with Gasteiger partial charge in [0.25, 0.3) is 0 Å². The summed E-state index contributed by atoms with van der Waals surface area (Å²) >= 11 is 1.49. The predicted octanol–water partition coefficient (Wildman–Crippen LogP) is 3.87. The molecule has 1 fully saturated rings. The van der Waals surface area contributed by atoms with Crippen molar-refractivity contribution < 1.29 is 14.3 Å². The van der Waals surface area contributed by atoms with Gasteiger partial charge in [0, 0.05) is 12.6 Å². The van der Waals surface area contributed by atoms with Gasteiger partial charge in [0.1, 0.15) is 12.4 Å². The molecule has 1 aliphatic carbocycles. The first-order valence-electron chi connectivity index (χ1n) is 10.9. The predicted molar refractivity (Wildman–Crippen MR) is 116 cm³/mol. The fourth-order valence-electron chi connectivity index (χ4n) is 4.23. The number of nitrogens with zero attached hydrogens (tertiary/aromatic N) is 4. The van der Waals surface area contributed by atoms with Crippen molar-refractivity contribution in [2.45, 2.75) is 63.3 Å². The minimum absolute atomic E-state index is 0.0841. The van der Waals surface area contributed by atoms with Gasteiger partial charge in [0.2, 0.25) is 5.91 Å². The summed E-state index contributed by atoms with van der Waals surface area (Å²) in [6.45, 7) is 5.59. The van der Waals surface area contributed by atoms with E-state index in [-0.39, 0.29) is 12.0 Å². The lowest BCUT2D eigenvalue weighted by Gasteiger charge is -2.31. The third-order valence-corrected chi connectivity index (χ3v) is 6.75. The fourth-order valence-corrected chi connectivity index (χ4v) is 5.19. The van der Waals surface area contributed by atoms with E-state index in [9.17, 15) is 4.79 Å². The number of hydrogen-bond donors (Lipinski definition) is 0. The van der Waals surface area contributed by atoms with Crippen molar-refractivity contribution in [1.82, 2.24) is 19.7 Å². The minimum Gasteiger partial charge on any atom is -0.486 e. The third-order valence-electron chi connectivity index (χ3n) is 5.83. The Labute approximate surface area is 182 Å². The van der Waals surface area contributed by atoms with Crippen molar-refractivity contribution in [1.29, 1.82) is 0 Å². The van der Waals surface area contributed by atoms with Crippen LogP contribution in [0.15, 0.2) is 29.4 Å². The van der Waals surface area contributed by atoms with E-state index >= 15 is 0 Å². The molecule has 1 unspecified atom stereocenters. The number of thioether (sulfide) groups is 1. The number of likely N-dealkylation sites (N-methyl/N-ethyl adjacent to an activating group) is 1. The summed E-state index contributed by atoms with van der Waals surface area (Å²) in [6.07, 6.45) is 5.98. The Morgan fingerprint density at radius 1 is 1.20 bits per heavy atom. The van der Waals surface area contributed by atoms with E-state index in [2.05, 4.69) is 14.8 Å². The average Bonchev–Trinajstić information content (AvgIpc) is 3.16. The lowest BCUT2D eigenvalue weighted by atomic mass is 9.95. The molecule has 1 aromatic carbocycles. The van der Waals surface area contributed by atoms with Crippen LogP contribution >= 0.6 is 11.8 Å². The van der Waals surface area contributed by atoms with Crippen LogP contribution in [0.25, 0.3) is 0 Å². The van der Waals surface area contributed by atoms with Crippen molar-refractivity contribution in [3.8, 4) is 11.5 Å². The van der Waals surface area contributed by atoms with Gasteiger partial charge in [-0.05, 0) is 38.8 Å². The molecule has 2 aromatic rings. The second-order valence-corrected chi connectivity index (χ2v) is 8.85. The largest absolute Gasteiger partial charge is 0.486 e. The van der Waals surface area contributed by atoms with Gasteiger partial charge in [0.05, 0.1) is 12.3 Å². The van der Waals surface area contributed by atoms with Crippen LogP contribution in [0.2, 0.25) is 0 Å². The summed E-state index contributed by atoms with van der Waals surface area (Å²) in [4.78, 5) is 14.7. The van der Waals surface area contributed by atoms with Crippen molar-refractivity contribution >= 4 is 17.7 Å². The van der Waals surface area contributed by atoms with E-state index < -0.39 is 0 Å². The number of hydrogen-bond acceptors (Lipinski definition) is 6. The molecule has 7 nitrogen and oxygen atoms in total. The number of para-hydroxylation sites is 2. The highest BCUT2D eigenvalue weighted by molar-refractivity contribution is 7.99. The van der Waals surface area contributed by atoms with Gasteiger partial charge in [-0.25, -0.2) is 0 Å². The molecule has 2 aliphatic rings. The van der Waals surface area contributed by atoms with Gasteiger partial charge in [0.15, 0.2) is 22.8 Å². The second kappa shape index (κ2) is 9.73. The molecule has 30 heavy (non-hydrogen) atoms. The summed E-state index contributed by atoms with van der Waals surface area (Å²) in [5.74, 6) is 2.87. The Bertz CT molecular complexity index is 866. The van der Waals surface area contributed by atoms with Crippen molar-refractivity contribution in [3.05, 3.63) is 30.1 Å². The van der Waals surface area contributed by atoms with Crippen LogP contribution in [0.4, 0.5) is 0 Å². The van der Waals surface area contributed by atoms with Crippen LogP contribution in [0.1, 0.15) is 50.9 Å². The van der Waals surface area contributed by atoms with Crippen LogP contribution in [0, 0.1) is 6.92 Å². The third kappa shape index (κ3) is 4.74. The van der Waals surface area contributed by atoms with E-state index in [1.54, 1.807) is 0 Å². The van der Waals surface area contributed by atoms with Crippen LogP contribution in [-0.4, -0.2) is 57.1 Å². The van der Waals surface area contributed by atoms with E-state index in [1.165, 1.54) is 43.9 Å². The molecule has 0 spiro atoms. The van der Waals surface area contributed by atoms with Gasteiger partial charge in [-0.2, -0.15) is 0 Å². The SMILES string of the molecule is CCN(CC1COc2ccccc2O1)C(=O)CSc1nnc(C)n1C1CCCCC1. The lowest BCUT2D eigenvalue weighted by Crippen LogP contribution is -2.44. The van der Waals surface area contributed by atoms with Gasteiger partial charge in [-0.3, -0.25) is 4.79 Å². The molecule has 0 N–H and O–H groups in total. The highest BCUT2D eigenvalue weighted by atomic mass is 32.2. The van der Waals surface area contributed by atoms with E-state index in [1.807, 2.05) is 43.0 Å². The summed E-state index contributed by atoms with van der Waals surface area (Å²) in [7, 11) is 0. The molecular weight excluding hydrogens is 400 g/mol. The number of carbonyl (C=O) groups is 1. The van der Waals surface area contributed by atoms with Crippen molar-refractivity contribution in [2.75, 3.05) is 25.4 Å². The van der Waals surface area contributed by atoms with E-state index in [0.29, 0.717) is 31.5 Å². The molecule has 1 aromatic heterocycles. The molecule has 8 heteroatoms. The van der Waals surface area contributed by atoms with Crippen LogP contribution in [0.3, 0.4) is 0 Å². The molecule has 0 bridgehead atoms. The quantitative estimate of drug-likeness (QED) is 0.621. The lowest BCUT2D eigenvalue weighted by molar-refractivity contribution is -0.129. The fraction of sp³-hybridized carbons (Fsp3) is 0.591. The maximum atomic E-state index is 12.9. The molecule has 1 aliphatic heterocycles. The zero-order valence-electron chi connectivity index (χ0n) is 17.7. The molecule has 1 atom stereocenters. The first-order valence-corrected chi connectivity index (χ1v) is 11.8. The second-order valence-electron chi connectivity index (χ2n) is 7.91. The molecule has 1 saturated carbocycles. The van der Waals surface area contributed by atoms with Crippen LogP contribution < -0.4 is 9.47 Å².